The van der Waals surface area contributed by atoms with Gasteiger partial charge in [-0.2, -0.15) is 5.10 Å². The van der Waals surface area contributed by atoms with Gasteiger partial charge < -0.3 is 10.6 Å². The quantitative estimate of drug-likeness (QED) is 0.910. The average molecular weight is 272 g/mol. The van der Waals surface area contributed by atoms with Crippen LogP contribution in [0.15, 0.2) is 30.3 Å². The van der Waals surface area contributed by atoms with E-state index in [1.165, 1.54) is 5.56 Å². The Morgan fingerprint density at radius 1 is 1.25 bits per heavy atom. The molecule has 0 aliphatic heterocycles. The summed E-state index contributed by atoms with van der Waals surface area (Å²) in [4.78, 5) is 2.20. The van der Waals surface area contributed by atoms with E-state index < -0.39 is 0 Å². The van der Waals surface area contributed by atoms with Gasteiger partial charge in [0, 0.05) is 19.6 Å². The topological polar surface area (TPSA) is 47.1 Å². The fourth-order valence-electron chi connectivity index (χ4n) is 2.34. The largest absolute Gasteiger partial charge is 0.394 e. The molecule has 0 unspecified atom stereocenters. The second kappa shape index (κ2) is 5.99. The highest BCUT2D eigenvalue weighted by molar-refractivity contribution is 5.66. The lowest BCUT2D eigenvalue weighted by molar-refractivity contribution is 0.526. The van der Waals surface area contributed by atoms with Gasteiger partial charge in [-0.15, -0.1) is 0 Å². The van der Waals surface area contributed by atoms with Crippen molar-refractivity contribution in [2.75, 3.05) is 24.2 Å². The van der Waals surface area contributed by atoms with Crippen LogP contribution in [-0.2, 0) is 6.42 Å². The third-order valence-corrected chi connectivity index (χ3v) is 3.53. The minimum atomic E-state index is 0.306. The van der Waals surface area contributed by atoms with E-state index in [1.807, 2.05) is 17.7 Å². The van der Waals surface area contributed by atoms with E-state index >= 15 is 0 Å². The molecule has 0 aliphatic carbocycles. The third kappa shape index (κ3) is 2.95. The number of hydrogen-bond donors (Lipinski definition) is 1. The molecule has 0 radical (unpaired) electrons. The molecule has 1 aromatic carbocycles. The Labute approximate surface area is 121 Å². The molecular formula is C16H24N4. The van der Waals surface area contributed by atoms with Crippen molar-refractivity contribution in [3.05, 3.63) is 41.6 Å². The number of anilines is 2. The number of nitrogens with two attached hydrogens (primary N) is 1. The predicted octanol–water partition coefficient (Wildman–Crippen LogP) is 3.03. The van der Waals surface area contributed by atoms with Gasteiger partial charge in [0.2, 0.25) is 0 Å². The van der Waals surface area contributed by atoms with E-state index in [-0.39, 0.29) is 0 Å². The highest BCUT2D eigenvalue weighted by Gasteiger charge is 2.18. The van der Waals surface area contributed by atoms with Crippen molar-refractivity contribution in [3.8, 4) is 0 Å². The number of aromatic nitrogens is 2. The summed E-state index contributed by atoms with van der Waals surface area (Å²) in [6.45, 7) is 7.13. The lowest BCUT2D eigenvalue weighted by Gasteiger charge is -2.22. The number of hydrogen-bond acceptors (Lipinski definition) is 3. The first-order valence-corrected chi connectivity index (χ1v) is 7.10. The molecule has 0 atom stereocenters. The fraction of sp³-hybridized carbons (Fsp3) is 0.438. The van der Waals surface area contributed by atoms with Gasteiger partial charge in [0.1, 0.15) is 0 Å². The minimum Gasteiger partial charge on any atom is -0.394 e. The standard InChI is InChI=1S/C16H24N4/c1-12(2)20-16(15(17)13(3)18-20)19(4)11-10-14-8-6-5-7-9-14/h5-9,12H,10-11,17H2,1-4H3. The van der Waals surface area contributed by atoms with Gasteiger partial charge in [0.05, 0.1) is 11.4 Å². The van der Waals surface area contributed by atoms with E-state index in [0.29, 0.717) is 6.04 Å². The van der Waals surface area contributed by atoms with Gasteiger partial charge in [0.15, 0.2) is 5.82 Å². The molecule has 1 aromatic heterocycles. The van der Waals surface area contributed by atoms with Gasteiger partial charge >= 0.3 is 0 Å². The smallest absolute Gasteiger partial charge is 0.150 e. The van der Waals surface area contributed by atoms with E-state index in [9.17, 15) is 0 Å². The lowest BCUT2D eigenvalue weighted by atomic mass is 10.1. The molecular weight excluding hydrogens is 248 g/mol. The summed E-state index contributed by atoms with van der Waals surface area (Å²) in [5.41, 5.74) is 9.21. The zero-order valence-corrected chi connectivity index (χ0v) is 12.8. The number of benzene rings is 1. The normalized spacial score (nSPS) is 11.1. The van der Waals surface area contributed by atoms with Gasteiger partial charge in [-0.25, -0.2) is 4.68 Å². The molecule has 0 saturated heterocycles. The molecule has 0 spiro atoms. The summed E-state index contributed by atoms with van der Waals surface area (Å²) in [7, 11) is 2.08. The molecule has 2 rings (SSSR count). The highest BCUT2D eigenvalue weighted by Crippen LogP contribution is 2.28. The second-order valence-electron chi connectivity index (χ2n) is 5.52. The van der Waals surface area contributed by atoms with Crippen LogP contribution < -0.4 is 10.6 Å². The molecule has 0 saturated carbocycles. The molecule has 2 aromatic rings. The maximum Gasteiger partial charge on any atom is 0.150 e. The van der Waals surface area contributed by atoms with Gasteiger partial charge in [-0.1, -0.05) is 30.3 Å². The van der Waals surface area contributed by atoms with Crippen LogP contribution >= 0.6 is 0 Å². The van der Waals surface area contributed by atoms with Crippen LogP contribution in [-0.4, -0.2) is 23.4 Å². The molecule has 0 aliphatic rings. The maximum absolute atomic E-state index is 6.19. The molecule has 2 N–H and O–H groups in total. The van der Waals surface area contributed by atoms with Crippen molar-refractivity contribution in [3.63, 3.8) is 0 Å². The van der Waals surface area contributed by atoms with Crippen molar-refractivity contribution in [2.24, 2.45) is 0 Å². The zero-order valence-electron chi connectivity index (χ0n) is 12.8. The van der Waals surface area contributed by atoms with Crippen LogP contribution in [0.5, 0.6) is 0 Å². The monoisotopic (exact) mass is 272 g/mol. The third-order valence-electron chi connectivity index (χ3n) is 3.53. The minimum absolute atomic E-state index is 0.306. The Hall–Kier alpha value is -1.97. The van der Waals surface area contributed by atoms with E-state index in [0.717, 1.165) is 30.2 Å². The predicted molar refractivity (Wildman–Crippen MR) is 85.2 cm³/mol. The summed E-state index contributed by atoms with van der Waals surface area (Å²) in [5, 5.41) is 4.54. The van der Waals surface area contributed by atoms with Crippen LogP contribution in [0, 0.1) is 6.92 Å². The number of nitrogens with zero attached hydrogens (tertiary/aromatic N) is 3. The summed E-state index contributed by atoms with van der Waals surface area (Å²) in [6.07, 6.45) is 0.999. The van der Waals surface area contributed by atoms with Gasteiger partial charge in [-0.3, -0.25) is 0 Å². The van der Waals surface area contributed by atoms with E-state index in [2.05, 4.69) is 55.2 Å². The SMILES string of the molecule is Cc1nn(C(C)C)c(N(C)CCc2ccccc2)c1N. The summed E-state index contributed by atoms with van der Waals surface area (Å²) >= 11 is 0. The van der Waals surface area contributed by atoms with Crippen molar-refractivity contribution >= 4 is 11.5 Å². The fourth-order valence-corrected chi connectivity index (χ4v) is 2.34. The molecule has 0 bridgehead atoms. The van der Waals surface area contributed by atoms with Crippen LogP contribution in [0.2, 0.25) is 0 Å². The number of aryl methyl sites for hydroxylation is 1. The average Bonchev–Trinajstić information content (AvgIpc) is 2.74. The first kappa shape index (κ1) is 14.4. The van der Waals surface area contributed by atoms with E-state index in [1.54, 1.807) is 0 Å². The lowest BCUT2D eigenvalue weighted by Crippen LogP contribution is -2.25. The van der Waals surface area contributed by atoms with Gasteiger partial charge in [0.25, 0.3) is 0 Å². The second-order valence-corrected chi connectivity index (χ2v) is 5.52. The van der Waals surface area contributed by atoms with Crippen LogP contribution in [0.3, 0.4) is 0 Å². The number of likely N-dealkylation sites (N-methyl/N-ethyl adjacent to an activating group) is 1. The molecule has 4 heteroatoms. The van der Waals surface area contributed by atoms with Crippen molar-refractivity contribution in [1.82, 2.24) is 9.78 Å². The summed E-state index contributed by atoms with van der Waals surface area (Å²) in [5.74, 6) is 1.02. The zero-order chi connectivity index (χ0) is 14.7. The Bertz CT molecular complexity index is 557. The van der Waals surface area contributed by atoms with Crippen molar-refractivity contribution in [2.45, 2.75) is 33.2 Å². The molecule has 4 nitrogen and oxygen atoms in total. The van der Waals surface area contributed by atoms with Crippen molar-refractivity contribution < 1.29 is 0 Å². The van der Waals surface area contributed by atoms with Crippen LogP contribution in [0.4, 0.5) is 11.5 Å². The van der Waals surface area contributed by atoms with Gasteiger partial charge in [-0.05, 0) is 32.8 Å². The Kier molecular flexibility index (Phi) is 4.32. The Morgan fingerprint density at radius 3 is 2.50 bits per heavy atom. The highest BCUT2D eigenvalue weighted by atomic mass is 15.4. The molecule has 20 heavy (non-hydrogen) atoms. The van der Waals surface area contributed by atoms with E-state index in [4.69, 9.17) is 5.73 Å². The summed E-state index contributed by atoms with van der Waals surface area (Å²) in [6, 6.07) is 10.8. The first-order valence-electron chi connectivity index (χ1n) is 7.10. The summed E-state index contributed by atoms with van der Waals surface area (Å²) < 4.78 is 2.01. The molecule has 108 valence electrons. The van der Waals surface area contributed by atoms with Crippen LogP contribution in [0.25, 0.3) is 0 Å². The van der Waals surface area contributed by atoms with Crippen molar-refractivity contribution in [1.29, 1.82) is 0 Å². The Morgan fingerprint density at radius 2 is 1.90 bits per heavy atom. The number of nitrogen functional groups attached to an aromatic ring is 1. The maximum atomic E-state index is 6.19. The molecule has 0 amide bonds. The molecule has 0 fully saturated rings. The Balaban J connectivity index is 2.15. The first-order chi connectivity index (χ1) is 9.50. The number of rotatable bonds is 5. The molecule has 1 heterocycles. The van der Waals surface area contributed by atoms with Crippen LogP contribution in [0.1, 0.15) is 31.1 Å².